The molecule has 120 valence electrons. The first-order chi connectivity index (χ1) is 11.2. The van der Waals surface area contributed by atoms with Gasteiger partial charge in [-0.05, 0) is 55.3 Å². The monoisotopic (exact) mass is 310 g/mol. The summed E-state index contributed by atoms with van der Waals surface area (Å²) in [6, 6.07) is 17.1. The fourth-order valence-electron chi connectivity index (χ4n) is 2.80. The molecule has 1 N–H and O–H groups in total. The Kier molecular flexibility index (Phi) is 4.93. The minimum Gasteiger partial charge on any atom is -0.457 e. The van der Waals surface area contributed by atoms with Crippen LogP contribution in [-0.2, 0) is 4.79 Å². The fraction of sp³-hybridized carbons (Fsp3) is 0.316. The van der Waals surface area contributed by atoms with Crippen LogP contribution in [0.15, 0.2) is 54.6 Å². The van der Waals surface area contributed by atoms with Gasteiger partial charge in [-0.3, -0.25) is 9.69 Å². The second-order valence-corrected chi connectivity index (χ2v) is 6.12. The number of carbonyl (C=O) groups excluding carboxylic acids is 1. The van der Waals surface area contributed by atoms with Crippen molar-refractivity contribution in [2.45, 2.75) is 13.3 Å². The third kappa shape index (κ3) is 4.57. The third-order valence-electron chi connectivity index (χ3n) is 3.99. The lowest BCUT2D eigenvalue weighted by atomic mass is 10.2. The first-order valence-corrected chi connectivity index (χ1v) is 8.04. The molecule has 4 heteroatoms. The van der Waals surface area contributed by atoms with Gasteiger partial charge in [0.15, 0.2) is 0 Å². The zero-order chi connectivity index (χ0) is 16.1. The first kappa shape index (κ1) is 15.6. The molecule has 1 fully saturated rings. The van der Waals surface area contributed by atoms with Gasteiger partial charge in [0.05, 0.1) is 6.54 Å². The van der Waals surface area contributed by atoms with E-state index in [0.717, 1.165) is 30.3 Å². The summed E-state index contributed by atoms with van der Waals surface area (Å²) in [5.41, 5.74) is 0.794. The predicted octanol–water partition coefficient (Wildman–Crippen LogP) is 3.76. The SMILES string of the molecule is CC1CCN(CC(=O)Nc2ccc(Oc3ccccc3)cc2)C1. The lowest BCUT2D eigenvalue weighted by molar-refractivity contribution is -0.117. The molecule has 23 heavy (non-hydrogen) atoms. The Morgan fingerprint density at radius 3 is 2.48 bits per heavy atom. The molecule has 0 spiro atoms. The third-order valence-corrected chi connectivity index (χ3v) is 3.99. The molecule has 1 amide bonds. The minimum atomic E-state index is 0.0378. The predicted molar refractivity (Wildman–Crippen MR) is 91.8 cm³/mol. The zero-order valence-corrected chi connectivity index (χ0v) is 13.4. The van der Waals surface area contributed by atoms with Crippen LogP contribution in [0.5, 0.6) is 11.5 Å². The van der Waals surface area contributed by atoms with Gasteiger partial charge in [0.2, 0.25) is 5.91 Å². The number of nitrogens with zero attached hydrogens (tertiary/aromatic N) is 1. The molecule has 0 saturated carbocycles. The molecule has 1 aliphatic heterocycles. The summed E-state index contributed by atoms with van der Waals surface area (Å²) in [4.78, 5) is 14.3. The normalized spacial score (nSPS) is 17.9. The first-order valence-electron chi connectivity index (χ1n) is 8.04. The molecule has 0 radical (unpaired) electrons. The van der Waals surface area contributed by atoms with Crippen molar-refractivity contribution in [3.05, 3.63) is 54.6 Å². The van der Waals surface area contributed by atoms with Crippen LogP contribution in [0, 0.1) is 5.92 Å². The fourth-order valence-corrected chi connectivity index (χ4v) is 2.80. The van der Waals surface area contributed by atoms with Gasteiger partial charge in [0, 0.05) is 12.2 Å². The molecular formula is C19H22N2O2. The molecule has 0 aromatic heterocycles. The number of para-hydroxylation sites is 1. The van der Waals surface area contributed by atoms with Crippen molar-refractivity contribution in [1.82, 2.24) is 4.90 Å². The number of benzene rings is 2. The maximum absolute atomic E-state index is 12.1. The topological polar surface area (TPSA) is 41.6 Å². The molecule has 1 unspecified atom stereocenters. The van der Waals surface area contributed by atoms with Crippen LogP contribution in [0.1, 0.15) is 13.3 Å². The van der Waals surface area contributed by atoms with Crippen molar-refractivity contribution < 1.29 is 9.53 Å². The Bertz CT molecular complexity index is 640. The van der Waals surface area contributed by atoms with Gasteiger partial charge in [-0.1, -0.05) is 25.1 Å². The van der Waals surface area contributed by atoms with E-state index in [2.05, 4.69) is 17.1 Å². The van der Waals surface area contributed by atoms with E-state index in [1.54, 1.807) is 0 Å². The second kappa shape index (κ2) is 7.29. The number of amides is 1. The number of carbonyl (C=O) groups is 1. The summed E-state index contributed by atoms with van der Waals surface area (Å²) in [6.45, 7) is 4.71. The Morgan fingerprint density at radius 1 is 1.13 bits per heavy atom. The lowest BCUT2D eigenvalue weighted by Gasteiger charge is -2.15. The number of ether oxygens (including phenoxy) is 1. The van der Waals surface area contributed by atoms with Crippen LogP contribution in [-0.4, -0.2) is 30.4 Å². The van der Waals surface area contributed by atoms with Gasteiger partial charge in [-0.2, -0.15) is 0 Å². The summed E-state index contributed by atoms with van der Waals surface area (Å²) < 4.78 is 5.74. The van der Waals surface area contributed by atoms with Gasteiger partial charge in [-0.25, -0.2) is 0 Å². The summed E-state index contributed by atoms with van der Waals surface area (Å²) >= 11 is 0. The molecule has 2 aromatic carbocycles. The van der Waals surface area contributed by atoms with Gasteiger partial charge in [0.25, 0.3) is 0 Å². The van der Waals surface area contributed by atoms with E-state index in [4.69, 9.17) is 4.74 Å². The van der Waals surface area contributed by atoms with E-state index >= 15 is 0 Å². The Hall–Kier alpha value is -2.33. The summed E-state index contributed by atoms with van der Waals surface area (Å²) in [5.74, 6) is 2.28. The van der Waals surface area contributed by atoms with E-state index in [-0.39, 0.29) is 5.91 Å². The van der Waals surface area contributed by atoms with E-state index in [1.165, 1.54) is 6.42 Å². The number of hydrogen-bond acceptors (Lipinski definition) is 3. The molecular weight excluding hydrogens is 288 g/mol. The van der Waals surface area contributed by atoms with Crippen LogP contribution in [0.2, 0.25) is 0 Å². The highest BCUT2D eigenvalue weighted by Gasteiger charge is 2.20. The standard InChI is InChI=1S/C19H22N2O2/c1-15-11-12-21(13-15)14-19(22)20-16-7-9-18(10-8-16)23-17-5-3-2-4-6-17/h2-10,15H,11-14H2,1H3,(H,20,22). The Labute approximate surface area is 137 Å². The highest BCUT2D eigenvalue weighted by molar-refractivity contribution is 5.92. The molecule has 1 heterocycles. The Balaban J connectivity index is 1.52. The highest BCUT2D eigenvalue weighted by atomic mass is 16.5. The average Bonchev–Trinajstić information content (AvgIpc) is 2.95. The number of rotatable bonds is 5. The van der Waals surface area contributed by atoms with Gasteiger partial charge < -0.3 is 10.1 Å². The van der Waals surface area contributed by atoms with Crippen LogP contribution in [0.4, 0.5) is 5.69 Å². The maximum atomic E-state index is 12.1. The highest BCUT2D eigenvalue weighted by Crippen LogP contribution is 2.22. The van der Waals surface area contributed by atoms with Gasteiger partial charge >= 0.3 is 0 Å². The maximum Gasteiger partial charge on any atom is 0.238 e. The largest absolute Gasteiger partial charge is 0.457 e. The molecule has 2 aromatic rings. The van der Waals surface area contributed by atoms with Crippen molar-refractivity contribution in [2.24, 2.45) is 5.92 Å². The molecule has 0 bridgehead atoms. The van der Waals surface area contributed by atoms with Crippen LogP contribution >= 0.6 is 0 Å². The average molecular weight is 310 g/mol. The van der Waals surface area contributed by atoms with E-state index < -0.39 is 0 Å². The van der Waals surface area contributed by atoms with Crippen LogP contribution < -0.4 is 10.1 Å². The number of nitrogens with one attached hydrogen (secondary N) is 1. The number of likely N-dealkylation sites (tertiary alicyclic amines) is 1. The summed E-state index contributed by atoms with van der Waals surface area (Å²) in [7, 11) is 0. The lowest BCUT2D eigenvalue weighted by Crippen LogP contribution is -2.31. The quantitative estimate of drug-likeness (QED) is 0.914. The summed E-state index contributed by atoms with van der Waals surface area (Å²) in [6.07, 6.45) is 1.18. The van der Waals surface area contributed by atoms with Crippen molar-refractivity contribution in [2.75, 3.05) is 25.0 Å². The van der Waals surface area contributed by atoms with Gasteiger partial charge in [-0.15, -0.1) is 0 Å². The van der Waals surface area contributed by atoms with E-state index in [1.807, 2.05) is 54.6 Å². The second-order valence-electron chi connectivity index (χ2n) is 6.12. The number of hydrogen-bond donors (Lipinski definition) is 1. The molecule has 0 aliphatic carbocycles. The smallest absolute Gasteiger partial charge is 0.238 e. The molecule has 4 nitrogen and oxygen atoms in total. The molecule has 3 rings (SSSR count). The van der Waals surface area contributed by atoms with E-state index in [0.29, 0.717) is 12.5 Å². The molecule has 1 atom stereocenters. The zero-order valence-electron chi connectivity index (χ0n) is 13.4. The van der Waals surface area contributed by atoms with Crippen LogP contribution in [0.3, 0.4) is 0 Å². The Morgan fingerprint density at radius 2 is 1.83 bits per heavy atom. The van der Waals surface area contributed by atoms with E-state index in [9.17, 15) is 4.79 Å². The van der Waals surface area contributed by atoms with Crippen molar-refractivity contribution in [1.29, 1.82) is 0 Å². The number of anilines is 1. The summed E-state index contributed by atoms with van der Waals surface area (Å²) in [5, 5.41) is 2.94. The van der Waals surface area contributed by atoms with Crippen molar-refractivity contribution in [3.63, 3.8) is 0 Å². The van der Waals surface area contributed by atoms with Crippen LogP contribution in [0.25, 0.3) is 0 Å². The molecule has 1 aliphatic rings. The molecule has 1 saturated heterocycles. The van der Waals surface area contributed by atoms with Crippen molar-refractivity contribution >= 4 is 11.6 Å². The minimum absolute atomic E-state index is 0.0378. The van der Waals surface area contributed by atoms with Crippen molar-refractivity contribution in [3.8, 4) is 11.5 Å². The van der Waals surface area contributed by atoms with Gasteiger partial charge in [0.1, 0.15) is 11.5 Å².